The first-order valence-electron chi connectivity index (χ1n) is 17.9. The van der Waals surface area contributed by atoms with Crippen LogP contribution < -0.4 is 0 Å². The van der Waals surface area contributed by atoms with Crippen molar-refractivity contribution in [1.29, 1.82) is 5.26 Å². The van der Waals surface area contributed by atoms with E-state index in [1.807, 2.05) is 48.5 Å². The number of furan rings is 1. The van der Waals surface area contributed by atoms with Crippen LogP contribution >= 0.6 is 11.3 Å². The fourth-order valence-electron chi connectivity index (χ4n) is 8.42. The quantitative estimate of drug-likeness (QED) is 0.175. The molecule has 0 N–H and O–H groups in total. The van der Waals surface area contributed by atoms with Crippen LogP contribution in [0.5, 0.6) is 0 Å². The number of benzene rings is 6. The number of para-hydroxylation sites is 1. The molecule has 0 fully saturated rings. The summed E-state index contributed by atoms with van der Waals surface area (Å²) in [5.74, 6) is 0.600. The van der Waals surface area contributed by atoms with Crippen molar-refractivity contribution >= 4 is 53.6 Å². The van der Waals surface area contributed by atoms with Crippen molar-refractivity contribution in [2.45, 2.75) is 38.5 Å². The largest absolute Gasteiger partial charge is 0.452 e. The predicted molar refractivity (Wildman–Crippen MR) is 215 cm³/mol. The SMILES string of the molecule is CCCCC1(C)c2ccccc2-c2c(-c3ccc4sc5c(-c6nc(-c7ccc(C#N)cc7)nc7c6oc6ccccc67)cccc5c4c3)cccc21. The second-order valence-electron chi connectivity index (χ2n) is 14.1. The molecule has 1 atom stereocenters. The maximum Gasteiger partial charge on any atom is 0.180 e. The number of nitriles is 1. The zero-order valence-corrected chi connectivity index (χ0v) is 29.7. The molecular weight excluding hydrogens is 655 g/mol. The summed E-state index contributed by atoms with van der Waals surface area (Å²) in [7, 11) is 0. The molecular formula is C47H33N3OS. The minimum Gasteiger partial charge on any atom is -0.452 e. The number of aromatic nitrogens is 2. The van der Waals surface area contributed by atoms with Crippen molar-refractivity contribution in [3.8, 4) is 51.0 Å². The third-order valence-electron chi connectivity index (χ3n) is 11.0. The van der Waals surface area contributed by atoms with E-state index in [2.05, 4.69) is 98.8 Å². The van der Waals surface area contributed by atoms with Gasteiger partial charge >= 0.3 is 0 Å². The van der Waals surface area contributed by atoms with Gasteiger partial charge in [0.2, 0.25) is 0 Å². The van der Waals surface area contributed by atoms with E-state index in [4.69, 9.17) is 14.4 Å². The Labute approximate surface area is 305 Å². The van der Waals surface area contributed by atoms with E-state index in [9.17, 15) is 5.26 Å². The average molecular weight is 688 g/mol. The Morgan fingerprint density at radius 3 is 2.31 bits per heavy atom. The first-order valence-corrected chi connectivity index (χ1v) is 18.8. The second kappa shape index (κ2) is 11.7. The topological polar surface area (TPSA) is 62.7 Å². The van der Waals surface area contributed by atoms with Gasteiger partial charge in [0.05, 0.1) is 11.6 Å². The normalized spacial score (nSPS) is 15.0. The van der Waals surface area contributed by atoms with Crippen LogP contribution in [-0.2, 0) is 5.41 Å². The smallest absolute Gasteiger partial charge is 0.180 e. The maximum absolute atomic E-state index is 9.40. The van der Waals surface area contributed by atoms with Crippen molar-refractivity contribution < 1.29 is 4.42 Å². The van der Waals surface area contributed by atoms with Gasteiger partial charge in [0, 0.05) is 42.1 Å². The van der Waals surface area contributed by atoms with Crippen LogP contribution in [0.25, 0.3) is 87.1 Å². The van der Waals surface area contributed by atoms with Crippen LogP contribution in [0.4, 0.5) is 0 Å². The molecule has 1 unspecified atom stereocenters. The summed E-state index contributed by atoms with van der Waals surface area (Å²) in [5, 5.41) is 12.8. The third kappa shape index (κ3) is 4.51. The lowest BCUT2D eigenvalue weighted by Gasteiger charge is -2.27. The molecule has 52 heavy (non-hydrogen) atoms. The zero-order chi connectivity index (χ0) is 35.0. The minimum absolute atomic E-state index is 0.00215. The highest BCUT2D eigenvalue weighted by molar-refractivity contribution is 7.26. The van der Waals surface area contributed by atoms with Crippen molar-refractivity contribution in [2.24, 2.45) is 0 Å². The number of nitrogens with zero attached hydrogens (tertiary/aromatic N) is 3. The molecule has 4 nitrogen and oxygen atoms in total. The zero-order valence-electron chi connectivity index (χ0n) is 28.9. The molecule has 3 aromatic heterocycles. The van der Waals surface area contributed by atoms with Gasteiger partial charge in [0.1, 0.15) is 16.8 Å². The Morgan fingerprint density at radius 2 is 1.44 bits per heavy atom. The number of thiophene rings is 1. The third-order valence-corrected chi connectivity index (χ3v) is 12.3. The van der Waals surface area contributed by atoms with Gasteiger partial charge < -0.3 is 4.42 Å². The monoisotopic (exact) mass is 687 g/mol. The first-order chi connectivity index (χ1) is 25.6. The Hall–Kier alpha value is -6.09. The Morgan fingerprint density at radius 1 is 0.712 bits per heavy atom. The average Bonchev–Trinajstić information content (AvgIpc) is 3.85. The molecule has 0 saturated carbocycles. The molecule has 248 valence electrons. The van der Waals surface area contributed by atoms with Gasteiger partial charge in [-0.1, -0.05) is 106 Å². The highest BCUT2D eigenvalue weighted by Gasteiger charge is 2.39. The summed E-state index contributed by atoms with van der Waals surface area (Å²) in [6.45, 7) is 4.72. The second-order valence-corrected chi connectivity index (χ2v) is 15.1. The van der Waals surface area contributed by atoms with Gasteiger partial charge in [-0.2, -0.15) is 5.26 Å². The molecule has 9 aromatic rings. The Balaban J connectivity index is 1.17. The molecule has 1 aliphatic carbocycles. The highest BCUT2D eigenvalue weighted by atomic mass is 32.1. The Bertz CT molecular complexity index is 2930. The molecule has 5 heteroatoms. The number of hydrogen-bond acceptors (Lipinski definition) is 5. The van der Waals surface area contributed by atoms with E-state index in [0.717, 1.165) is 44.4 Å². The van der Waals surface area contributed by atoms with Crippen LogP contribution in [0, 0.1) is 11.3 Å². The van der Waals surface area contributed by atoms with Crippen LogP contribution in [0.1, 0.15) is 49.8 Å². The molecule has 0 bridgehead atoms. The lowest BCUT2D eigenvalue weighted by molar-refractivity contribution is 0.504. The van der Waals surface area contributed by atoms with E-state index in [-0.39, 0.29) is 5.41 Å². The summed E-state index contributed by atoms with van der Waals surface area (Å²) >= 11 is 1.79. The van der Waals surface area contributed by atoms with Gasteiger partial charge in [0.15, 0.2) is 11.4 Å². The van der Waals surface area contributed by atoms with Crippen molar-refractivity contribution in [3.05, 3.63) is 144 Å². The van der Waals surface area contributed by atoms with Gasteiger partial charge in [-0.3, -0.25) is 0 Å². The molecule has 1 aliphatic rings. The lowest BCUT2D eigenvalue weighted by atomic mass is 9.76. The molecule has 10 rings (SSSR count). The van der Waals surface area contributed by atoms with Crippen LogP contribution in [0.3, 0.4) is 0 Å². The fraction of sp³-hybridized carbons (Fsp3) is 0.128. The van der Waals surface area contributed by atoms with Gasteiger partial charge in [-0.25, -0.2) is 9.97 Å². The van der Waals surface area contributed by atoms with Gasteiger partial charge in [-0.15, -0.1) is 11.3 Å². The number of rotatable bonds is 6. The highest BCUT2D eigenvalue weighted by Crippen LogP contribution is 2.54. The van der Waals surface area contributed by atoms with E-state index in [1.54, 1.807) is 11.3 Å². The fourth-order valence-corrected chi connectivity index (χ4v) is 9.62. The summed E-state index contributed by atoms with van der Waals surface area (Å²) < 4.78 is 8.91. The number of fused-ring (bicyclic) bond motifs is 9. The van der Waals surface area contributed by atoms with E-state index in [0.29, 0.717) is 17.0 Å². The maximum atomic E-state index is 9.40. The molecule has 6 aromatic carbocycles. The summed E-state index contributed by atoms with van der Waals surface area (Å²) in [4.78, 5) is 10.2. The minimum atomic E-state index is 0.00215. The van der Waals surface area contributed by atoms with E-state index in [1.165, 1.54) is 61.7 Å². The van der Waals surface area contributed by atoms with Crippen molar-refractivity contribution in [1.82, 2.24) is 9.97 Å². The van der Waals surface area contributed by atoms with Gasteiger partial charge in [0.25, 0.3) is 0 Å². The molecule has 0 radical (unpaired) electrons. The van der Waals surface area contributed by atoms with Crippen molar-refractivity contribution in [2.75, 3.05) is 0 Å². The van der Waals surface area contributed by atoms with Crippen molar-refractivity contribution in [3.63, 3.8) is 0 Å². The summed E-state index contributed by atoms with van der Waals surface area (Å²) in [6.07, 6.45) is 3.53. The lowest BCUT2D eigenvalue weighted by Crippen LogP contribution is -2.20. The molecule has 0 saturated heterocycles. The summed E-state index contributed by atoms with van der Waals surface area (Å²) in [6, 6.07) is 47.1. The van der Waals surface area contributed by atoms with Crippen LogP contribution in [0.2, 0.25) is 0 Å². The van der Waals surface area contributed by atoms with Crippen LogP contribution in [-0.4, -0.2) is 9.97 Å². The number of hydrogen-bond donors (Lipinski definition) is 0. The van der Waals surface area contributed by atoms with Crippen LogP contribution in [0.15, 0.2) is 132 Å². The molecule has 0 amide bonds. The van der Waals surface area contributed by atoms with E-state index >= 15 is 0 Å². The summed E-state index contributed by atoms with van der Waals surface area (Å²) in [5.41, 5.74) is 13.6. The van der Waals surface area contributed by atoms with Gasteiger partial charge in [-0.05, 0) is 88.3 Å². The molecule has 3 heterocycles. The predicted octanol–water partition coefficient (Wildman–Crippen LogP) is 13.1. The Kier molecular flexibility index (Phi) is 6.93. The molecule has 0 spiro atoms. The standard InChI is InChI=1S/C47H33N3OS/c1-3-4-25-47(2)37-16-7-5-11-33(37)41-31(13-10-17-38(41)47)30-23-24-40-36(26-30)32-14-9-15-35(45(32)52-40)43-44-42(34-12-6-8-18-39(34)51-44)49-46(50-43)29-21-19-28(27-48)20-22-29/h5-24,26H,3-4,25H2,1-2H3. The first kappa shape index (κ1) is 30.7. The van der Waals surface area contributed by atoms with E-state index < -0.39 is 0 Å². The number of unbranched alkanes of at least 4 members (excludes halogenated alkanes) is 1. The molecule has 0 aliphatic heterocycles.